The van der Waals surface area contributed by atoms with Gasteiger partial charge in [-0.15, -0.1) is 5.10 Å². The Hall–Kier alpha value is -3.28. The maximum Gasteiger partial charge on any atom is 0.252 e. The summed E-state index contributed by atoms with van der Waals surface area (Å²) in [5, 5.41) is 8.31. The van der Waals surface area contributed by atoms with Crippen LogP contribution in [0.4, 0.5) is 0 Å². The van der Waals surface area contributed by atoms with Crippen molar-refractivity contribution in [3.05, 3.63) is 67.0 Å². The maximum absolute atomic E-state index is 5.77. The highest BCUT2D eigenvalue weighted by atomic mass is 16.5. The van der Waals surface area contributed by atoms with Crippen LogP contribution in [0.3, 0.4) is 0 Å². The van der Waals surface area contributed by atoms with Crippen molar-refractivity contribution in [1.82, 2.24) is 25.0 Å². The van der Waals surface area contributed by atoms with Gasteiger partial charge in [0.15, 0.2) is 11.2 Å². The van der Waals surface area contributed by atoms with Crippen LogP contribution >= 0.6 is 0 Å². The lowest BCUT2D eigenvalue weighted by Gasteiger charge is -2.04. The van der Waals surface area contributed by atoms with E-state index in [1.165, 1.54) is 6.33 Å². The zero-order valence-corrected chi connectivity index (χ0v) is 11.5. The Labute approximate surface area is 126 Å². The van der Waals surface area contributed by atoms with Crippen molar-refractivity contribution in [3.8, 4) is 17.3 Å². The molecule has 4 aromatic rings. The topological polar surface area (TPSA) is 65.7 Å². The molecule has 2 aromatic carbocycles. The number of rotatable bonds is 3. The normalized spacial score (nSPS) is 10.7. The van der Waals surface area contributed by atoms with Crippen molar-refractivity contribution in [1.29, 1.82) is 0 Å². The molecule has 0 spiro atoms. The minimum absolute atomic E-state index is 0.387. The Bertz CT molecular complexity index is 906. The van der Waals surface area contributed by atoms with E-state index in [4.69, 9.17) is 4.74 Å². The third-order valence-electron chi connectivity index (χ3n) is 3.16. The van der Waals surface area contributed by atoms with Crippen LogP contribution in [0.2, 0.25) is 0 Å². The number of ether oxygens (including phenoxy) is 1. The number of aromatic nitrogens is 5. The van der Waals surface area contributed by atoms with Gasteiger partial charge in [-0.1, -0.05) is 41.6 Å². The van der Waals surface area contributed by atoms with E-state index in [-0.39, 0.29) is 0 Å². The second kappa shape index (κ2) is 5.25. The molecule has 2 aromatic heterocycles. The molecule has 0 aliphatic carbocycles. The van der Waals surface area contributed by atoms with Gasteiger partial charge in [0.2, 0.25) is 0 Å². The van der Waals surface area contributed by atoms with Crippen LogP contribution in [0.1, 0.15) is 0 Å². The summed E-state index contributed by atoms with van der Waals surface area (Å²) >= 11 is 0. The van der Waals surface area contributed by atoms with Gasteiger partial charge >= 0.3 is 0 Å². The summed E-state index contributed by atoms with van der Waals surface area (Å²) in [5.41, 5.74) is 2.01. The van der Waals surface area contributed by atoms with Crippen molar-refractivity contribution < 1.29 is 4.74 Å². The Morgan fingerprint density at radius 1 is 0.818 bits per heavy atom. The highest BCUT2D eigenvalue weighted by molar-refractivity contribution is 5.76. The fourth-order valence-electron chi connectivity index (χ4n) is 2.15. The van der Waals surface area contributed by atoms with E-state index in [0.717, 1.165) is 5.69 Å². The van der Waals surface area contributed by atoms with Crippen molar-refractivity contribution in [2.75, 3.05) is 0 Å². The molecule has 0 radical (unpaired) electrons. The fraction of sp³-hybridized carbons (Fsp3) is 0. The van der Waals surface area contributed by atoms with Crippen LogP contribution in [-0.4, -0.2) is 25.0 Å². The standard InChI is InChI=1S/C16H11N5O/c1-3-7-12(8-4-1)21-15-14(19-20-21)16(18-11-17-15)22-13-9-5-2-6-10-13/h1-11H. The minimum Gasteiger partial charge on any atom is -0.437 e. The van der Waals surface area contributed by atoms with Gasteiger partial charge in [-0.25, -0.2) is 4.98 Å². The number of nitrogens with zero attached hydrogens (tertiary/aromatic N) is 5. The highest BCUT2D eigenvalue weighted by Crippen LogP contribution is 2.25. The van der Waals surface area contributed by atoms with E-state index in [0.29, 0.717) is 22.8 Å². The predicted molar refractivity (Wildman–Crippen MR) is 81.0 cm³/mol. The Balaban J connectivity index is 1.81. The van der Waals surface area contributed by atoms with E-state index >= 15 is 0 Å². The molecule has 0 aliphatic rings. The molecule has 0 atom stereocenters. The molecule has 0 saturated heterocycles. The Morgan fingerprint density at radius 3 is 2.32 bits per heavy atom. The molecule has 0 aliphatic heterocycles. The van der Waals surface area contributed by atoms with Crippen LogP contribution in [0.5, 0.6) is 11.6 Å². The lowest BCUT2D eigenvalue weighted by molar-refractivity contribution is 0.467. The van der Waals surface area contributed by atoms with E-state index in [9.17, 15) is 0 Å². The van der Waals surface area contributed by atoms with Crippen molar-refractivity contribution in [3.63, 3.8) is 0 Å². The first-order chi connectivity index (χ1) is 10.9. The van der Waals surface area contributed by atoms with Gasteiger partial charge in [-0.2, -0.15) is 9.67 Å². The lowest BCUT2D eigenvalue weighted by atomic mass is 10.3. The minimum atomic E-state index is 0.387. The zero-order chi connectivity index (χ0) is 14.8. The van der Waals surface area contributed by atoms with Crippen LogP contribution < -0.4 is 4.74 Å². The fourth-order valence-corrected chi connectivity index (χ4v) is 2.15. The molecule has 0 bridgehead atoms. The van der Waals surface area contributed by atoms with Crippen LogP contribution in [-0.2, 0) is 0 Å². The maximum atomic E-state index is 5.77. The van der Waals surface area contributed by atoms with Crippen molar-refractivity contribution in [2.24, 2.45) is 0 Å². The molecule has 0 unspecified atom stereocenters. The summed E-state index contributed by atoms with van der Waals surface area (Å²) in [6.45, 7) is 0. The SMILES string of the molecule is c1ccc(Oc2ncnc3c2nnn3-c2ccccc2)cc1. The average Bonchev–Trinajstić information content (AvgIpc) is 3.02. The molecule has 6 nitrogen and oxygen atoms in total. The first-order valence-corrected chi connectivity index (χ1v) is 6.76. The number of fused-ring (bicyclic) bond motifs is 1. The first kappa shape index (κ1) is 12.5. The van der Waals surface area contributed by atoms with E-state index < -0.39 is 0 Å². The largest absolute Gasteiger partial charge is 0.437 e. The van der Waals surface area contributed by atoms with Gasteiger partial charge < -0.3 is 4.74 Å². The van der Waals surface area contributed by atoms with Crippen LogP contribution in [0.25, 0.3) is 16.9 Å². The number of para-hydroxylation sites is 2. The summed E-state index contributed by atoms with van der Waals surface area (Å²) < 4.78 is 7.44. The van der Waals surface area contributed by atoms with E-state index in [1.807, 2.05) is 60.7 Å². The predicted octanol–water partition coefficient (Wildman–Crippen LogP) is 3.00. The van der Waals surface area contributed by atoms with Crippen LogP contribution in [0.15, 0.2) is 67.0 Å². The van der Waals surface area contributed by atoms with Gasteiger partial charge in [0.1, 0.15) is 12.1 Å². The third-order valence-corrected chi connectivity index (χ3v) is 3.16. The molecule has 2 heterocycles. The smallest absolute Gasteiger partial charge is 0.252 e. The second-order valence-corrected chi connectivity index (χ2v) is 4.60. The number of hydrogen-bond acceptors (Lipinski definition) is 5. The molecular formula is C16H11N5O. The molecule has 0 N–H and O–H groups in total. The van der Waals surface area contributed by atoms with Crippen molar-refractivity contribution >= 4 is 11.2 Å². The molecule has 0 amide bonds. The van der Waals surface area contributed by atoms with E-state index in [1.54, 1.807) is 4.68 Å². The number of hydrogen-bond donors (Lipinski definition) is 0. The summed E-state index contributed by atoms with van der Waals surface area (Å²) in [4.78, 5) is 8.43. The summed E-state index contributed by atoms with van der Waals surface area (Å²) in [5.74, 6) is 1.08. The summed E-state index contributed by atoms with van der Waals surface area (Å²) in [6.07, 6.45) is 1.45. The van der Waals surface area contributed by atoms with Gasteiger partial charge in [0.25, 0.3) is 5.88 Å². The Morgan fingerprint density at radius 2 is 1.55 bits per heavy atom. The highest BCUT2D eigenvalue weighted by Gasteiger charge is 2.14. The quantitative estimate of drug-likeness (QED) is 0.580. The molecule has 0 fully saturated rings. The zero-order valence-electron chi connectivity index (χ0n) is 11.5. The molecule has 6 heteroatoms. The van der Waals surface area contributed by atoms with Gasteiger partial charge in [0.05, 0.1) is 5.69 Å². The van der Waals surface area contributed by atoms with Gasteiger partial charge in [-0.05, 0) is 24.3 Å². The molecular weight excluding hydrogens is 278 g/mol. The first-order valence-electron chi connectivity index (χ1n) is 6.76. The average molecular weight is 289 g/mol. The molecule has 4 rings (SSSR count). The third kappa shape index (κ3) is 2.16. The Kier molecular flexibility index (Phi) is 2.97. The molecule has 0 saturated carbocycles. The molecule has 106 valence electrons. The van der Waals surface area contributed by atoms with Gasteiger partial charge in [-0.3, -0.25) is 0 Å². The van der Waals surface area contributed by atoms with Gasteiger partial charge in [0, 0.05) is 0 Å². The van der Waals surface area contributed by atoms with Crippen molar-refractivity contribution in [2.45, 2.75) is 0 Å². The summed E-state index contributed by atoms with van der Waals surface area (Å²) in [7, 11) is 0. The summed E-state index contributed by atoms with van der Waals surface area (Å²) in [6, 6.07) is 19.1. The second-order valence-electron chi connectivity index (χ2n) is 4.60. The lowest BCUT2D eigenvalue weighted by Crippen LogP contribution is -1.98. The van der Waals surface area contributed by atoms with Crippen LogP contribution in [0, 0.1) is 0 Å². The number of benzene rings is 2. The monoisotopic (exact) mass is 289 g/mol. The van der Waals surface area contributed by atoms with E-state index in [2.05, 4.69) is 20.3 Å². The molecule has 22 heavy (non-hydrogen) atoms.